The highest BCUT2D eigenvalue weighted by atomic mass is 19.4. The number of nitrogens with one attached hydrogen (secondary N) is 2. The number of benzene rings is 2. The van der Waals surface area contributed by atoms with Crippen molar-refractivity contribution in [3.8, 4) is 17.0 Å². The minimum Gasteiger partial charge on any atom is -0.490 e. The Balaban J connectivity index is 1.61. The Labute approximate surface area is 174 Å². The van der Waals surface area contributed by atoms with Gasteiger partial charge in [0.15, 0.2) is 0 Å². The maximum Gasteiger partial charge on any atom is 0.416 e. The predicted octanol–water partition coefficient (Wildman–Crippen LogP) is 5.95. The van der Waals surface area contributed by atoms with Crippen LogP contribution in [0.4, 0.5) is 13.2 Å². The van der Waals surface area contributed by atoms with Crippen molar-refractivity contribution < 1.29 is 17.9 Å². The Morgan fingerprint density at radius 2 is 1.77 bits per heavy atom. The molecular weight excluding hydrogens is 391 g/mol. The molecule has 0 saturated heterocycles. The molecule has 0 spiro atoms. The Bertz CT molecular complexity index is 931. The molecule has 2 aromatic carbocycles. The van der Waals surface area contributed by atoms with Gasteiger partial charge in [-0.2, -0.15) is 18.3 Å². The summed E-state index contributed by atoms with van der Waals surface area (Å²) in [6, 6.07) is 13.0. The molecule has 0 unspecified atom stereocenters. The fraction of sp³-hybridized carbons (Fsp3) is 0.348. The molecule has 30 heavy (non-hydrogen) atoms. The van der Waals surface area contributed by atoms with E-state index < -0.39 is 11.7 Å². The van der Waals surface area contributed by atoms with Crippen molar-refractivity contribution >= 4 is 0 Å². The molecule has 0 atom stereocenters. The quantitative estimate of drug-likeness (QED) is 0.452. The summed E-state index contributed by atoms with van der Waals surface area (Å²) in [5, 5.41) is 10.4. The molecule has 0 fully saturated rings. The molecule has 0 radical (unpaired) electrons. The van der Waals surface area contributed by atoms with E-state index in [-0.39, 0.29) is 6.10 Å². The summed E-state index contributed by atoms with van der Waals surface area (Å²) in [5.74, 6) is 0.858. The number of nitrogens with zero attached hydrogens (tertiary/aromatic N) is 1. The van der Waals surface area contributed by atoms with Crippen LogP contribution >= 0.6 is 0 Å². The lowest BCUT2D eigenvalue weighted by atomic mass is 10.1. The summed E-state index contributed by atoms with van der Waals surface area (Å²) in [6.07, 6.45) is -0.447. The van der Waals surface area contributed by atoms with Crippen molar-refractivity contribution in [3.63, 3.8) is 0 Å². The van der Waals surface area contributed by atoms with Gasteiger partial charge >= 0.3 is 6.18 Å². The second kappa shape index (κ2) is 9.80. The van der Waals surface area contributed by atoms with Crippen LogP contribution in [-0.2, 0) is 19.3 Å². The third kappa shape index (κ3) is 5.63. The second-order valence-corrected chi connectivity index (χ2v) is 7.14. The number of aromatic nitrogens is 2. The zero-order valence-corrected chi connectivity index (χ0v) is 17.1. The number of ether oxygens (including phenoxy) is 1. The van der Waals surface area contributed by atoms with Crippen LogP contribution in [-0.4, -0.2) is 16.3 Å². The average molecular weight is 417 g/mol. The van der Waals surface area contributed by atoms with Gasteiger partial charge in [-0.25, -0.2) is 0 Å². The number of aromatic amines is 1. The van der Waals surface area contributed by atoms with Crippen LogP contribution in [0.5, 0.6) is 5.75 Å². The number of hydrogen-bond acceptors (Lipinski definition) is 3. The van der Waals surface area contributed by atoms with Gasteiger partial charge in [0.25, 0.3) is 0 Å². The summed E-state index contributed by atoms with van der Waals surface area (Å²) < 4.78 is 44.3. The molecule has 0 amide bonds. The normalized spacial score (nSPS) is 11.8. The van der Waals surface area contributed by atoms with Gasteiger partial charge in [0.05, 0.1) is 17.4 Å². The van der Waals surface area contributed by atoms with Crippen LogP contribution in [0.25, 0.3) is 11.3 Å². The summed E-state index contributed by atoms with van der Waals surface area (Å²) in [6.45, 7) is 5.39. The maximum atomic E-state index is 12.8. The molecule has 1 aromatic heterocycles. The highest BCUT2D eigenvalue weighted by Gasteiger charge is 2.30. The van der Waals surface area contributed by atoms with E-state index in [1.807, 2.05) is 24.3 Å². The lowest BCUT2D eigenvalue weighted by molar-refractivity contribution is -0.137. The molecular formula is C23H26F3N3O. The number of H-pyrrole nitrogens is 1. The van der Waals surface area contributed by atoms with Gasteiger partial charge in [0.2, 0.25) is 0 Å². The number of hydrogen-bond donors (Lipinski definition) is 2. The van der Waals surface area contributed by atoms with E-state index in [1.165, 1.54) is 12.1 Å². The monoisotopic (exact) mass is 417 g/mol. The van der Waals surface area contributed by atoms with Crippen LogP contribution in [0, 0.1) is 0 Å². The first-order chi connectivity index (χ1) is 14.4. The van der Waals surface area contributed by atoms with E-state index in [2.05, 4.69) is 29.4 Å². The Morgan fingerprint density at radius 1 is 1.03 bits per heavy atom. The van der Waals surface area contributed by atoms with Gasteiger partial charge in [0, 0.05) is 30.4 Å². The highest BCUT2D eigenvalue weighted by Crippen LogP contribution is 2.31. The third-order valence-electron chi connectivity index (χ3n) is 4.96. The Hall–Kier alpha value is -2.80. The van der Waals surface area contributed by atoms with Crippen LogP contribution < -0.4 is 10.1 Å². The van der Waals surface area contributed by atoms with Crippen LogP contribution in [0.2, 0.25) is 0 Å². The van der Waals surface area contributed by atoms with E-state index in [0.29, 0.717) is 24.3 Å². The van der Waals surface area contributed by atoms with Gasteiger partial charge in [-0.15, -0.1) is 0 Å². The van der Waals surface area contributed by atoms with E-state index in [9.17, 15) is 13.2 Å². The molecule has 3 aromatic rings. The van der Waals surface area contributed by atoms with Crippen molar-refractivity contribution in [3.05, 3.63) is 71.4 Å². The number of halogens is 3. The zero-order valence-electron chi connectivity index (χ0n) is 17.1. The molecule has 0 saturated carbocycles. The largest absolute Gasteiger partial charge is 0.490 e. The predicted molar refractivity (Wildman–Crippen MR) is 111 cm³/mol. The van der Waals surface area contributed by atoms with Gasteiger partial charge in [-0.05, 0) is 42.7 Å². The maximum absolute atomic E-state index is 12.8. The van der Waals surface area contributed by atoms with Crippen LogP contribution in [0.15, 0.2) is 54.7 Å². The van der Waals surface area contributed by atoms with E-state index in [0.717, 1.165) is 41.9 Å². The molecule has 0 bridgehead atoms. The van der Waals surface area contributed by atoms with E-state index in [1.54, 1.807) is 6.20 Å². The molecule has 1 heterocycles. The fourth-order valence-corrected chi connectivity index (χ4v) is 3.23. The lowest BCUT2D eigenvalue weighted by Gasteiger charge is -2.16. The van der Waals surface area contributed by atoms with Gasteiger partial charge in [0.1, 0.15) is 5.75 Å². The molecule has 160 valence electrons. The molecule has 7 heteroatoms. The van der Waals surface area contributed by atoms with Crippen molar-refractivity contribution in [1.82, 2.24) is 15.5 Å². The molecule has 2 N–H and O–H groups in total. The van der Waals surface area contributed by atoms with Gasteiger partial charge in [-0.1, -0.05) is 38.1 Å². The SMILES string of the molecule is CCC(CC)Oc1cccc(CNCc2c[nH]nc2-c2ccc(C(F)(F)F)cc2)c1. The van der Waals surface area contributed by atoms with Crippen molar-refractivity contribution in [2.75, 3.05) is 0 Å². The van der Waals surface area contributed by atoms with Crippen LogP contribution in [0.3, 0.4) is 0 Å². The van der Waals surface area contributed by atoms with Gasteiger partial charge < -0.3 is 10.1 Å². The number of rotatable bonds is 9. The van der Waals surface area contributed by atoms with Gasteiger partial charge in [-0.3, -0.25) is 5.10 Å². The van der Waals surface area contributed by atoms with Crippen molar-refractivity contribution in [2.24, 2.45) is 0 Å². The summed E-state index contributed by atoms with van der Waals surface area (Å²) >= 11 is 0. The topological polar surface area (TPSA) is 49.9 Å². The minimum atomic E-state index is -4.35. The first-order valence-corrected chi connectivity index (χ1v) is 10.1. The first kappa shape index (κ1) is 21.9. The third-order valence-corrected chi connectivity index (χ3v) is 4.96. The van der Waals surface area contributed by atoms with Crippen molar-refractivity contribution in [1.29, 1.82) is 0 Å². The summed E-state index contributed by atoms with van der Waals surface area (Å²) in [7, 11) is 0. The average Bonchev–Trinajstić information content (AvgIpc) is 3.20. The minimum absolute atomic E-state index is 0.213. The smallest absolute Gasteiger partial charge is 0.416 e. The Morgan fingerprint density at radius 3 is 2.43 bits per heavy atom. The molecule has 0 aliphatic heterocycles. The molecule has 0 aliphatic rings. The Kier molecular flexibility index (Phi) is 7.15. The fourth-order valence-electron chi connectivity index (χ4n) is 3.23. The highest BCUT2D eigenvalue weighted by molar-refractivity contribution is 5.63. The first-order valence-electron chi connectivity index (χ1n) is 10.1. The standard InChI is InChI=1S/C23H26F3N3O/c1-3-20(4-2)30-21-7-5-6-16(12-21)13-27-14-18-15-28-29-22(18)17-8-10-19(11-9-17)23(24,25)26/h5-12,15,20,27H,3-4,13-14H2,1-2H3,(H,28,29). The molecule has 4 nitrogen and oxygen atoms in total. The van der Waals surface area contributed by atoms with E-state index in [4.69, 9.17) is 4.74 Å². The summed E-state index contributed by atoms with van der Waals surface area (Å²) in [5.41, 5.74) is 2.60. The molecule has 0 aliphatic carbocycles. The second-order valence-electron chi connectivity index (χ2n) is 7.14. The number of alkyl halides is 3. The van der Waals surface area contributed by atoms with Crippen molar-refractivity contribution in [2.45, 2.75) is 52.1 Å². The molecule has 3 rings (SSSR count). The lowest BCUT2D eigenvalue weighted by Crippen LogP contribution is -2.15. The summed E-state index contributed by atoms with van der Waals surface area (Å²) in [4.78, 5) is 0. The van der Waals surface area contributed by atoms with Crippen LogP contribution in [0.1, 0.15) is 43.4 Å². The van der Waals surface area contributed by atoms with E-state index >= 15 is 0 Å². The zero-order chi connectivity index (χ0) is 21.6.